The zero-order valence-corrected chi connectivity index (χ0v) is 14.6. The standard InChI is InChI=1S/C17H17FN4O5/c1-10(23)19-8-12-9-21(17(25)27-12)11-3-4-15(13(18)7-11)22-6-5-14(20-22)16(24)26-2/h3-7,12H,8-9H2,1-2H3,(H,19,23)/t12-/m0/s1. The van der Waals surface area contributed by atoms with Gasteiger partial charge in [0.05, 0.1) is 25.9 Å². The van der Waals surface area contributed by atoms with Crippen LogP contribution in [0.2, 0.25) is 0 Å². The molecule has 0 unspecified atom stereocenters. The number of benzene rings is 1. The number of cyclic esters (lactones) is 1. The van der Waals surface area contributed by atoms with Crippen LogP contribution in [0, 0.1) is 5.82 Å². The number of ether oxygens (including phenoxy) is 2. The summed E-state index contributed by atoms with van der Waals surface area (Å²) in [6.07, 6.45) is 0.292. The SMILES string of the molecule is COC(=O)c1ccn(-c2ccc(N3C[C@H](CNC(C)=O)OC3=O)cc2F)n1. The Morgan fingerprint density at radius 3 is 2.85 bits per heavy atom. The Hall–Kier alpha value is -3.43. The topological polar surface area (TPSA) is 103 Å². The van der Waals surface area contributed by atoms with Crippen LogP contribution < -0.4 is 10.2 Å². The van der Waals surface area contributed by atoms with Crippen LogP contribution >= 0.6 is 0 Å². The molecule has 2 heterocycles. The molecule has 1 atom stereocenters. The fraction of sp³-hybridized carbons (Fsp3) is 0.294. The molecule has 2 aromatic rings. The van der Waals surface area contributed by atoms with E-state index in [9.17, 15) is 18.8 Å². The minimum atomic E-state index is -0.634. The van der Waals surface area contributed by atoms with Crippen molar-refractivity contribution in [1.29, 1.82) is 0 Å². The first kappa shape index (κ1) is 18.4. The number of nitrogens with zero attached hydrogens (tertiary/aromatic N) is 3. The van der Waals surface area contributed by atoms with Crippen LogP contribution in [0.3, 0.4) is 0 Å². The van der Waals surface area contributed by atoms with Crippen molar-refractivity contribution in [3.8, 4) is 5.69 Å². The molecule has 9 nitrogen and oxygen atoms in total. The maximum absolute atomic E-state index is 14.5. The van der Waals surface area contributed by atoms with Crippen molar-refractivity contribution in [3.05, 3.63) is 42.0 Å². The van der Waals surface area contributed by atoms with Crippen molar-refractivity contribution < 1.29 is 28.2 Å². The molecule has 1 saturated heterocycles. The number of methoxy groups -OCH3 is 1. The first-order valence-electron chi connectivity index (χ1n) is 8.05. The Labute approximate surface area is 153 Å². The highest BCUT2D eigenvalue weighted by Gasteiger charge is 2.32. The molecule has 1 N–H and O–H groups in total. The van der Waals surface area contributed by atoms with Crippen LogP contribution in [-0.4, -0.2) is 54.1 Å². The largest absolute Gasteiger partial charge is 0.464 e. The molecule has 27 heavy (non-hydrogen) atoms. The van der Waals surface area contributed by atoms with E-state index in [-0.39, 0.29) is 30.4 Å². The number of nitrogens with one attached hydrogen (secondary N) is 1. The van der Waals surface area contributed by atoms with E-state index in [0.717, 1.165) is 0 Å². The predicted octanol–water partition coefficient (Wildman–Crippen LogP) is 1.26. The lowest BCUT2D eigenvalue weighted by Crippen LogP contribution is -2.33. The van der Waals surface area contributed by atoms with Gasteiger partial charge in [0.25, 0.3) is 0 Å². The minimum Gasteiger partial charge on any atom is -0.464 e. The lowest BCUT2D eigenvalue weighted by atomic mass is 10.2. The summed E-state index contributed by atoms with van der Waals surface area (Å²) in [5.41, 5.74) is 0.466. The number of hydrogen-bond acceptors (Lipinski definition) is 6. The highest BCUT2D eigenvalue weighted by Crippen LogP contribution is 2.25. The number of rotatable bonds is 5. The number of esters is 1. The van der Waals surface area contributed by atoms with E-state index >= 15 is 0 Å². The number of carbonyl (C=O) groups is 3. The monoisotopic (exact) mass is 376 g/mol. The molecule has 2 amide bonds. The number of carbonyl (C=O) groups excluding carboxylic acids is 3. The van der Waals surface area contributed by atoms with Gasteiger partial charge >= 0.3 is 12.1 Å². The summed E-state index contributed by atoms with van der Waals surface area (Å²) in [6, 6.07) is 5.56. The van der Waals surface area contributed by atoms with Gasteiger partial charge in [0.1, 0.15) is 11.8 Å². The molecular weight excluding hydrogens is 359 g/mol. The summed E-state index contributed by atoms with van der Waals surface area (Å²) in [6.45, 7) is 1.73. The van der Waals surface area contributed by atoms with Crippen LogP contribution in [-0.2, 0) is 14.3 Å². The minimum absolute atomic E-state index is 0.0462. The molecule has 0 saturated carbocycles. The Morgan fingerprint density at radius 1 is 1.41 bits per heavy atom. The van der Waals surface area contributed by atoms with Crippen LogP contribution in [0.1, 0.15) is 17.4 Å². The molecule has 0 spiro atoms. The normalized spacial score (nSPS) is 16.2. The van der Waals surface area contributed by atoms with Crippen LogP contribution in [0.5, 0.6) is 0 Å². The lowest BCUT2D eigenvalue weighted by Gasteiger charge is -2.14. The molecule has 142 valence electrons. The smallest absolute Gasteiger partial charge is 0.414 e. The van der Waals surface area contributed by atoms with Crippen molar-refractivity contribution in [3.63, 3.8) is 0 Å². The van der Waals surface area contributed by atoms with E-state index in [1.54, 1.807) is 6.07 Å². The van der Waals surface area contributed by atoms with Gasteiger partial charge in [0.2, 0.25) is 5.91 Å². The van der Waals surface area contributed by atoms with Crippen LogP contribution in [0.4, 0.5) is 14.9 Å². The van der Waals surface area contributed by atoms with Gasteiger partial charge < -0.3 is 14.8 Å². The molecular formula is C17H17FN4O5. The Balaban J connectivity index is 1.77. The average Bonchev–Trinajstić information content (AvgIpc) is 3.26. The van der Waals surface area contributed by atoms with E-state index in [4.69, 9.17) is 4.74 Å². The molecule has 1 fully saturated rings. The van der Waals surface area contributed by atoms with Gasteiger partial charge in [0.15, 0.2) is 11.5 Å². The second-order valence-electron chi connectivity index (χ2n) is 5.83. The molecule has 1 aromatic carbocycles. The molecule has 0 aliphatic carbocycles. The fourth-order valence-corrected chi connectivity index (χ4v) is 2.62. The zero-order valence-electron chi connectivity index (χ0n) is 14.6. The molecule has 10 heteroatoms. The lowest BCUT2D eigenvalue weighted by molar-refractivity contribution is -0.119. The number of hydrogen-bond donors (Lipinski definition) is 1. The third kappa shape index (κ3) is 3.89. The fourth-order valence-electron chi connectivity index (χ4n) is 2.62. The van der Waals surface area contributed by atoms with E-state index in [2.05, 4.69) is 15.2 Å². The summed E-state index contributed by atoms with van der Waals surface area (Å²) in [5.74, 6) is -1.49. The van der Waals surface area contributed by atoms with Gasteiger partial charge in [0, 0.05) is 13.1 Å². The van der Waals surface area contributed by atoms with E-state index in [1.165, 1.54) is 48.0 Å². The third-order valence-electron chi connectivity index (χ3n) is 3.93. The van der Waals surface area contributed by atoms with E-state index < -0.39 is 24.0 Å². The number of anilines is 1. The summed E-state index contributed by atoms with van der Waals surface area (Å²) >= 11 is 0. The highest BCUT2D eigenvalue weighted by molar-refractivity contribution is 5.90. The van der Waals surface area contributed by atoms with Crippen molar-refractivity contribution >= 4 is 23.7 Å². The van der Waals surface area contributed by atoms with Gasteiger partial charge in [-0.1, -0.05) is 0 Å². The van der Waals surface area contributed by atoms with Gasteiger partial charge in [-0.2, -0.15) is 5.10 Å². The van der Waals surface area contributed by atoms with Crippen LogP contribution in [0.25, 0.3) is 5.69 Å². The third-order valence-corrected chi connectivity index (χ3v) is 3.93. The molecule has 1 aliphatic heterocycles. The molecule has 0 radical (unpaired) electrons. The van der Waals surface area contributed by atoms with Crippen LogP contribution in [0.15, 0.2) is 30.5 Å². The second-order valence-corrected chi connectivity index (χ2v) is 5.83. The first-order chi connectivity index (χ1) is 12.9. The number of aromatic nitrogens is 2. The molecule has 1 aromatic heterocycles. The van der Waals surface area contributed by atoms with Crippen molar-refractivity contribution in [2.75, 3.05) is 25.1 Å². The summed E-state index contributed by atoms with van der Waals surface area (Å²) in [4.78, 5) is 35.7. The summed E-state index contributed by atoms with van der Waals surface area (Å²) in [5, 5.41) is 6.54. The molecule has 3 rings (SSSR count). The maximum atomic E-state index is 14.5. The quantitative estimate of drug-likeness (QED) is 0.788. The van der Waals surface area contributed by atoms with Crippen molar-refractivity contribution in [1.82, 2.24) is 15.1 Å². The average molecular weight is 376 g/mol. The van der Waals surface area contributed by atoms with E-state index in [0.29, 0.717) is 5.69 Å². The maximum Gasteiger partial charge on any atom is 0.414 e. The van der Waals surface area contributed by atoms with Gasteiger partial charge in [-0.3, -0.25) is 9.69 Å². The van der Waals surface area contributed by atoms with Crippen molar-refractivity contribution in [2.24, 2.45) is 0 Å². The number of halogens is 1. The Kier molecular flexibility index (Phi) is 5.06. The Morgan fingerprint density at radius 2 is 2.19 bits per heavy atom. The zero-order chi connectivity index (χ0) is 19.6. The predicted molar refractivity (Wildman–Crippen MR) is 91.2 cm³/mol. The van der Waals surface area contributed by atoms with Gasteiger partial charge in [-0.25, -0.2) is 18.7 Å². The van der Waals surface area contributed by atoms with Crippen molar-refractivity contribution in [2.45, 2.75) is 13.0 Å². The second kappa shape index (κ2) is 7.44. The Bertz CT molecular complexity index is 897. The molecule has 0 bridgehead atoms. The van der Waals surface area contributed by atoms with Gasteiger partial charge in [-0.15, -0.1) is 0 Å². The number of amides is 2. The summed E-state index contributed by atoms with van der Waals surface area (Å²) < 4.78 is 25.5. The molecule has 1 aliphatic rings. The highest BCUT2D eigenvalue weighted by atomic mass is 19.1. The summed E-state index contributed by atoms with van der Waals surface area (Å²) in [7, 11) is 1.23. The van der Waals surface area contributed by atoms with E-state index in [1.807, 2.05) is 0 Å². The van der Waals surface area contributed by atoms with Gasteiger partial charge in [-0.05, 0) is 24.3 Å². The first-order valence-corrected chi connectivity index (χ1v) is 8.05.